The number of benzene rings is 1. The molecule has 0 aliphatic heterocycles. The van der Waals surface area contributed by atoms with Gasteiger partial charge in [0.05, 0.1) is 5.56 Å². The zero-order valence-electron chi connectivity index (χ0n) is 7.73. The van der Waals surface area contributed by atoms with Gasteiger partial charge in [0.15, 0.2) is 6.29 Å². The number of nitrogens with one attached hydrogen (secondary N) is 1. The van der Waals surface area contributed by atoms with Crippen molar-refractivity contribution >= 4 is 33.1 Å². The van der Waals surface area contributed by atoms with Crippen molar-refractivity contribution in [3.8, 4) is 0 Å². The summed E-state index contributed by atoms with van der Waals surface area (Å²) in [5.74, 6) is 0. The van der Waals surface area contributed by atoms with Crippen molar-refractivity contribution in [1.82, 2.24) is 4.98 Å². The number of hydrogen-bond acceptors (Lipinski definition) is 1. The van der Waals surface area contributed by atoms with E-state index >= 15 is 0 Å². The van der Waals surface area contributed by atoms with Gasteiger partial charge in [-0.05, 0) is 12.1 Å². The Morgan fingerprint density at radius 2 is 2.00 bits per heavy atom. The highest BCUT2D eigenvalue weighted by molar-refractivity contribution is 9.10. The van der Waals surface area contributed by atoms with Crippen LogP contribution in [0.2, 0.25) is 0 Å². The van der Waals surface area contributed by atoms with Crippen LogP contribution in [0.25, 0.3) is 10.9 Å². The standard InChI is InChI=1S/C10H5BrF3NO/c11-8-1-6-5(4-16)3-15-9(6)2-7(8)10(12,13)14/h1-4,15H. The van der Waals surface area contributed by atoms with Crippen LogP contribution in [0, 0.1) is 0 Å². The molecular weight excluding hydrogens is 287 g/mol. The lowest BCUT2D eigenvalue weighted by atomic mass is 10.1. The van der Waals surface area contributed by atoms with Crippen molar-refractivity contribution < 1.29 is 18.0 Å². The Labute approximate surface area is 96.6 Å². The Balaban J connectivity index is 2.74. The second-order valence-corrected chi connectivity index (χ2v) is 4.09. The van der Waals surface area contributed by atoms with E-state index in [0.29, 0.717) is 17.2 Å². The van der Waals surface area contributed by atoms with Gasteiger partial charge in [0.2, 0.25) is 0 Å². The lowest BCUT2D eigenvalue weighted by Crippen LogP contribution is -2.05. The summed E-state index contributed by atoms with van der Waals surface area (Å²) in [5.41, 5.74) is -0.138. The van der Waals surface area contributed by atoms with Crippen LogP contribution in [0.5, 0.6) is 0 Å². The van der Waals surface area contributed by atoms with Crippen LogP contribution in [0.3, 0.4) is 0 Å². The second kappa shape index (κ2) is 3.62. The van der Waals surface area contributed by atoms with Crippen LogP contribution in [-0.4, -0.2) is 11.3 Å². The lowest BCUT2D eigenvalue weighted by molar-refractivity contribution is -0.138. The minimum absolute atomic E-state index is 0.0739. The summed E-state index contributed by atoms with van der Waals surface area (Å²) in [4.78, 5) is 13.2. The first-order valence-corrected chi connectivity index (χ1v) is 5.06. The number of fused-ring (bicyclic) bond motifs is 1. The molecule has 0 amide bonds. The van der Waals surface area contributed by atoms with Gasteiger partial charge in [0.1, 0.15) is 0 Å². The maximum atomic E-state index is 12.6. The van der Waals surface area contributed by atoms with Crippen LogP contribution in [0.15, 0.2) is 22.8 Å². The summed E-state index contributed by atoms with van der Waals surface area (Å²) < 4.78 is 37.6. The Morgan fingerprint density at radius 1 is 1.31 bits per heavy atom. The third kappa shape index (κ3) is 1.73. The quantitative estimate of drug-likeness (QED) is 0.797. The topological polar surface area (TPSA) is 32.9 Å². The molecule has 0 aliphatic carbocycles. The number of H-pyrrole nitrogens is 1. The Bertz CT molecular complexity index is 559. The third-order valence-corrected chi connectivity index (χ3v) is 2.89. The number of rotatable bonds is 1. The summed E-state index contributed by atoms with van der Waals surface area (Å²) in [5, 5.41) is 0.467. The second-order valence-electron chi connectivity index (χ2n) is 3.24. The number of carbonyl (C=O) groups excluding carboxylic acids is 1. The highest BCUT2D eigenvalue weighted by Gasteiger charge is 2.33. The van der Waals surface area contributed by atoms with Crippen LogP contribution < -0.4 is 0 Å². The molecule has 6 heteroatoms. The summed E-state index contributed by atoms with van der Waals surface area (Å²) in [6.07, 6.45) is -2.44. The highest BCUT2D eigenvalue weighted by Crippen LogP contribution is 2.37. The highest BCUT2D eigenvalue weighted by atomic mass is 79.9. The van der Waals surface area contributed by atoms with E-state index in [9.17, 15) is 18.0 Å². The number of hydrogen-bond donors (Lipinski definition) is 1. The molecule has 0 bridgehead atoms. The van der Waals surface area contributed by atoms with Crippen molar-refractivity contribution in [3.63, 3.8) is 0 Å². The molecule has 2 rings (SSSR count). The van der Waals surface area contributed by atoms with E-state index in [4.69, 9.17) is 0 Å². The first kappa shape index (κ1) is 11.2. The van der Waals surface area contributed by atoms with Crippen molar-refractivity contribution in [2.75, 3.05) is 0 Å². The predicted octanol–water partition coefficient (Wildman–Crippen LogP) is 3.76. The van der Waals surface area contributed by atoms with Gasteiger partial charge in [0.25, 0.3) is 0 Å². The fraction of sp³-hybridized carbons (Fsp3) is 0.100. The maximum Gasteiger partial charge on any atom is 0.417 e. The van der Waals surface area contributed by atoms with Crippen LogP contribution in [0.1, 0.15) is 15.9 Å². The van der Waals surface area contributed by atoms with E-state index < -0.39 is 11.7 Å². The van der Waals surface area contributed by atoms with E-state index in [0.717, 1.165) is 6.07 Å². The van der Waals surface area contributed by atoms with Crippen LogP contribution in [0.4, 0.5) is 13.2 Å². The van der Waals surface area contributed by atoms with Gasteiger partial charge in [-0.2, -0.15) is 13.2 Å². The number of aromatic nitrogens is 1. The van der Waals surface area contributed by atoms with Crippen molar-refractivity contribution in [1.29, 1.82) is 0 Å². The molecule has 0 saturated heterocycles. The van der Waals surface area contributed by atoms with Gasteiger partial charge in [-0.1, -0.05) is 15.9 Å². The molecule has 1 heterocycles. The van der Waals surface area contributed by atoms with Crippen molar-refractivity contribution in [3.05, 3.63) is 33.9 Å². The molecule has 1 aromatic carbocycles. The van der Waals surface area contributed by atoms with Gasteiger partial charge in [-0.25, -0.2) is 0 Å². The van der Waals surface area contributed by atoms with E-state index in [1.165, 1.54) is 12.3 Å². The van der Waals surface area contributed by atoms with Gasteiger partial charge in [0, 0.05) is 27.1 Å². The summed E-state index contributed by atoms with van der Waals surface area (Å²) in [6.45, 7) is 0. The fourth-order valence-corrected chi connectivity index (χ4v) is 2.05. The van der Waals surface area contributed by atoms with Gasteiger partial charge < -0.3 is 4.98 Å². The molecule has 84 valence electrons. The Hall–Kier alpha value is -1.30. The zero-order valence-corrected chi connectivity index (χ0v) is 9.32. The molecule has 0 unspecified atom stereocenters. The number of alkyl halides is 3. The largest absolute Gasteiger partial charge is 0.417 e. The van der Waals surface area contributed by atoms with E-state index in [1.54, 1.807) is 0 Å². The number of aromatic amines is 1. The van der Waals surface area contributed by atoms with Crippen molar-refractivity contribution in [2.24, 2.45) is 0 Å². The first-order valence-electron chi connectivity index (χ1n) is 4.26. The molecule has 0 spiro atoms. The molecule has 0 atom stereocenters. The van der Waals surface area contributed by atoms with Crippen molar-refractivity contribution in [2.45, 2.75) is 6.18 Å². The maximum absolute atomic E-state index is 12.6. The third-order valence-electron chi connectivity index (χ3n) is 2.23. The normalized spacial score (nSPS) is 12.0. The number of halogens is 4. The molecule has 2 aromatic rings. The molecule has 0 saturated carbocycles. The van der Waals surface area contributed by atoms with Gasteiger partial charge in [-0.3, -0.25) is 4.79 Å². The molecule has 0 radical (unpaired) electrons. The summed E-state index contributed by atoms with van der Waals surface area (Å²) >= 11 is 2.85. The molecule has 0 fully saturated rings. The van der Waals surface area contributed by atoms with E-state index in [1.807, 2.05) is 0 Å². The van der Waals surface area contributed by atoms with Gasteiger partial charge >= 0.3 is 6.18 Å². The minimum atomic E-state index is -4.42. The average Bonchev–Trinajstić information content (AvgIpc) is 2.57. The van der Waals surface area contributed by atoms with Crippen LogP contribution >= 0.6 is 15.9 Å². The molecule has 1 aromatic heterocycles. The molecular formula is C10H5BrF3NO. The Kier molecular flexibility index (Phi) is 2.53. The minimum Gasteiger partial charge on any atom is -0.360 e. The molecule has 1 N–H and O–H groups in total. The zero-order chi connectivity index (χ0) is 11.9. The van der Waals surface area contributed by atoms with E-state index in [-0.39, 0.29) is 9.99 Å². The average molecular weight is 292 g/mol. The smallest absolute Gasteiger partial charge is 0.360 e. The SMILES string of the molecule is O=Cc1c[nH]c2cc(C(F)(F)F)c(Br)cc12. The predicted molar refractivity (Wildman–Crippen MR) is 56.4 cm³/mol. The summed E-state index contributed by atoms with van der Waals surface area (Å²) in [7, 11) is 0. The van der Waals surface area contributed by atoms with E-state index in [2.05, 4.69) is 20.9 Å². The summed E-state index contributed by atoms with van der Waals surface area (Å²) in [6, 6.07) is 2.27. The molecule has 16 heavy (non-hydrogen) atoms. The Morgan fingerprint density at radius 3 is 2.56 bits per heavy atom. The first-order chi connectivity index (χ1) is 7.43. The number of carbonyl (C=O) groups is 1. The molecule has 0 aliphatic rings. The van der Waals surface area contributed by atoms with Gasteiger partial charge in [-0.15, -0.1) is 0 Å². The number of aldehydes is 1. The monoisotopic (exact) mass is 291 g/mol. The molecule has 2 nitrogen and oxygen atoms in total. The fourth-order valence-electron chi connectivity index (χ4n) is 1.48. The van der Waals surface area contributed by atoms with Crippen LogP contribution in [-0.2, 0) is 6.18 Å². The lowest BCUT2D eigenvalue weighted by Gasteiger charge is -2.09.